The van der Waals surface area contributed by atoms with Crippen LogP contribution in [0.5, 0.6) is 0 Å². The minimum Gasteiger partial charge on any atom is -0.340 e. The molecule has 20 heavy (non-hydrogen) atoms. The summed E-state index contributed by atoms with van der Waals surface area (Å²) in [6.07, 6.45) is 0. The molecule has 0 N–H and O–H groups in total. The molecule has 5 nitrogen and oxygen atoms in total. The van der Waals surface area contributed by atoms with Gasteiger partial charge >= 0.3 is 0 Å². The summed E-state index contributed by atoms with van der Waals surface area (Å²) < 4.78 is 0. The summed E-state index contributed by atoms with van der Waals surface area (Å²) >= 11 is 0. The Morgan fingerprint density at radius 1 is 1.15 bits per heavy atom. The lowest BCUT2D eigenvalue weighted by Crippen LogP contribution is -2.20. The third-order valence-electron chi connectivity index (χ3n) is 2.77. The first-order chi connectivity index (χ1) is 9.62. The Balaban J connectivity index is 2.24. The molecule has 0 bridgehead atoms. The number of benzene rings is 1. The van der Waals surface area contributed by atoms with E-state index < -0.39 is 0 Å². The molecule has 98 valence electrons. The van der Waals surface area contributed by atoms with Crippen molar-refractivity contribution >= 4 is 5.95 Å². The van der Waals surface area contributed by atoms with Crippen LogP contribution in [0.25, 0.3) is 0 Å². The Kier molecular flexibility index (Phi) is 3.93. The predicted octanol–water partition coefficient (Wildman–Crippen LogP) is 2.16. The van der Waals surface area contributed by atoms with E-state index in [0.717, 1.165) is 11.3 Å². The van der Waals surface area contributed by atoms with E-state index in [2.05, 4.69) is 16.0 Å². The number of aryl methyl sites for hydroxylation is 1. The molecule has 0 unspecified atom stereocenters. The maximum atomic E-state index is 8.93. The predicted molar refractivity (Wildman–Crippen MR) is 74.7 cm³/mol. The van der Waals surface area contributed by atoms with Crippen molar-refractivity contribution in [3.05, 3.63) is 52.8 Å². The van der Waals surface area contributed by atoms with Crippen LogP contribution >= 0.6 is 0 Å². The monoisotopic (exact) mass is 263 g/mol. The highest BCUT2D eigenvalue weighted by molar-refractivity contribution is 5.38. The summed E-state index contributed by atoms with van der Waals surface area (Å²) in [5.41, 5.74) is 2.73. The molecular formula is C15H13N5. The summed E-state index contributed by atoms with van der Waals surface area (Å²) in [7, 11) is 1.86. The van der Waals surface area contributed by atoms with E-state index >= 15 is 0 Å². The molecule has 0 atom stereocenters. The zero-order valence-corrected chi connectivity index (χ0v) is 11.3. The van der Waals surface area contributed by atoms with Gasteiger partial charge in [-0.3, -0.25) is 0 Å². The van der Waals surface area contributed by atoms with Crippen LogP contribution in [0.15, 0.2) is 30.3 Å². The van der Waals surface area contributed by atoms with Gasteiger partial charge in [-0.1, -0.05) is 12.1 Å². The maximum absolute atomic E-state index is 8.93. The number of nitrogens with zero attached hydrogens (tertiary/aromatic N) is 5. The largest absolute Gasteiger partial charge is 0.340 e. The molecule has 0 spiro atoms. The van der Waals surface area contributed by atoms with E-state index in [9.17, 15) is 0 Å². The lowest BCUT2D eigenvalue weighted by Gasteiger charge is -2.17. The lowest BCUT2D eigenvalue weighted by molar-refractivity contribution is 0.856. The first-order valence-corrected chi connectivity index (χ1v) is 6.08. The molecule has 0 saturated carbocycles. The Hall–Kier alpha value is -2.92. The molecule has 0 aliphatic heterocycles. The van der Waals surface area contributed by atoms with Crippen LogP contribution in [0.2, 0.25) is 0 Å². The summed E-state index contributed by atoms with van der Waals surface area (Å²) in [6, 6.07) is 13.2. The number of rotatable bonds is 3. The van der Waals surface area contributed by atoms with Crippen molar-refractivity contribution in [2.45, 2.75) is 13.5 Å². The van der Waals surface area contributed by atoms with Crippen LogP contribution < -0.4 is 4.90 Å². The number of aromatic nitrogens is 2. The molecule has 0 saturated heterocycles. The first kappa shape index (κ1) is 13.5. The van der Waals surface area contributed by atoms with Gasteiger partial charge in [0.25, 0.3) is 0 Å². The van der Waals surface area contributed by atoms with Gasteiger partial charge in [0.1, 0.15) is 11.8 Å². The number of anilines is 1. The summed E-state index contributed by atoms with van der Waals surface area (Å²) in [5.74, 6) is 0.504. The molecule has 0 aliphatic rings. The van der Waals surface area contributed by atoms with E-state index in [-0.39, 0.29) is 0 Å². The van der Waals surface area contributed by atoms with Crippen LogP contribution in [0.1, 0.15) is 22.5 Å². The van der Waals surface area contributed by atoms with Crippen molar-refractivity contribution in [1.29, 1.82) is 10.5 Å². The van der Waals surface area contributed by atoms with E-state index in [1.807, 2.05) is 43.1 Å². The van der Waals surface area contributed by atoms with Crippen molar-refractivity contribution in [2.24, 2.45) is 0 Å². The Morgan fingerprint density at radius 2 is 1.95 bits per heavy atom. The number of nitriles is 2. The zero-order chi connectivity index (χ0) is 14.5. The summed E-state index contributed by atoms with van der Waals surface area (Å²) in [4.78, 5) is 10.4. The number of hydrogen-bond acceptors (Lipinski definition) is 5. The zero-order valence-electron chi connectivity index (χ0n) is 11.3. The SMILES string of the molecule is Cc1cc(C#N)nc(N(C)Cc2cccc(C#N)c2)n1. The van der Waals surface area contributed by atoms with Crippen molar-refractivity contribution in [2.75, 3.05) is 11.9 Å². The van der Waals surface area contributed by atoms with E-state index in [4.69, 9.17) is 10.5 Å². The normalized spacial score (nSPS) is 9.60. The minimum atomic E-state index is 0.352. The van der Waals surface area contributed by atoms with Crippen LogP contribution in [-0.2, 0) is 6.54 Å². The van der Waals surface area contributed by atoms with Crippen LogP contribution in [0.3, 0.4) is 0 Å². The van der Waals surface area contributed by atoms with Crippen LogP contribution in [-0.4, -0.2) is 17.0 Å². The third kappa shape index (κ3) is 3.09. The van der Waals surface area contributed by atoms with Crippen molar-refractivity contribution < 1.29 is 0 Å². The maximum Gasteiger partial charge on any atom is 0.226 e. The highest BCUT2D eigenvalue weighted by atomic mass is 15.2. The van der Waals surface area contributed by atoms with Crippen molar-refractivity contribution in [1.82, 2.24) is 9.97 Å². The second kappa shape index (κ2) is 5.81. The molecule has 0 radical (unpaired) electrons. The number of hydrogen-bond donors (Lipinski definition) is 0. The highest BCUT2D eigenvalue weighted by Gasteiger charge is 2.08. The lowest BCUT2D eigenvalue weighted by atomic mass is 10.1. The van der Waals surface area contributed by atoms with Gasteiger partial charge in [-0.2, -0.15) is 10.5 Å². The molecule has 5 heteroatoms. The fourth-order valence-corrected chi connectivity index (χ4v) is 1.86. The van der Waals surface area contributed by atoms with E-state index in [1.54, 1.807) is 12.1 Å². The second-order valence-corrected chi connectivity index (χ2v) is 4.47. The van der Waals surface area contributed by atoms with Gasteiger partial charge in [-0.25, -0.2) is 9.97 Å². The second-order valence-electron chi connectivity index (χ2n) is 4.47. The van der Waals surface area contributed by atoms with Crippen LogP contribution in [0, 0.1) is 29.6 Å². The third-order valence-corrected chi connectivity index (χ3v) is 2.77. The topological polar surface area (TPSA) is 76.6 Å². The van der Waals surface area contributed by atoms with Gasteiger partial charge in [0, 0.05) is 19.3 Å². The highest BCUT2D eigenvalue weighted by Crippen LogP contribution is 2.13. The molecule has 1 heterocycles. The fraction of sp³-hybridized carbons (Fsp3) is 0.200. The van der Waals surface area contributed by atoms with Gasteiger partial charge in [-0.05, 0) is 30.7 Å². The van der Waals surface area contributed by atoms with Crippen LogP contribution in [0.4, 0.5) is 5.95 Å². The molecule has 0 aliphatic carbocycles. The molecular weight excluding hydrogens is 250 g/mol. The fourth-order valence-electron chi connectivity index (χ4n) is 1.86. The first-order valence-electron chi connectivity index (χ1n) is 6.08. The minimum absolute atomic E-state index is 0.352. The van der Waals surface area contributed by atoms with Crippen molar-refractivity contribution in [3.63, 3.8) is 0 Å². The smallest absolute Gasteiger partial charge is 0.226 e. The Morgan fingerprint density at radius 3 is 2.65 bits per heavy atom. The van der Waals surface area contributed by atoms with Gasteiger partial charge < -0.3 is 4.90 Å². The molecule has 2 rings (SSSR count). The average Bonchev–Trinajstić information content (AvgIpc) is 2.46. The molecule has 1 aromatic carbocycles. The van der Waals surface area contributed by atoms with Gasteiger partial charge in [0.05, 0.1) is 11.6 Å². The summed E-state index contributed by atoms with van der Waals surface area (Å²) in [6.45, 7) is 2.40. The molecule has 0 fully saturated rings. The molecule has 0 amide bonds. The molecule has 2 aromatic rings. The van der Waals surface area contributed by atoms with Gasteiger partial charge in [0.15, 0.2) is 0 Å². The van der Waals surface area contributed by atoms with Gasteiger partial charge in [0.2, 0.25) is 5.95 Å². The standard InChI is InChI=1S/C15H13N5/c1-11-6-14(9-17)19-15(18-11)20(2)10-13-5-3-4-12(7-13)8-16/h3-7H,10H2,1-2H3. The Bertz CT molecular complexity index is 709. The van der Waals surface area contributed by atoms with Gasteiger partial charge in [-0.15, -0.1) is 0 Å². The quantitative estimate of drug-likeness (QED) is 0.848. The van der Waals surface area contributed by atoms with Crippen molar-refractivity contribution in [3.8, 4) is 12.1 Å². The van der Waals surface area contributed by atoms with E-state index in [1.165, 1.54) is 0 Å². The average molecular weight is 263 g/mol. The Labute approximate surface area is 117 Å². The molecule has 1 aromatic heterocycles. The summed E-state index contributed by atoms with van der Waals surface area (Å²) in [5, 5.41) is 17.8. The van der Waals surface area contributed by atoms with E-state index in [0.29, 0.717) is 23.8 Å².